The summed E-state index contributed by atoms with van der Waals surface area (Å²) >= 11 is 6.27. The molecule has 2 aliphatic rings. The topological polar surface area (TPSA) is 38.8 Å². The molecule has 1 atom stereocenters. The number of hydrogen-bond acceptors (Lipinski definition) is 4. The van der Waals surface area contributed by atoms with Crippen molar-refractivity contribution in [1.82, 2.24) is 4.90 Å². The van der Waals surface area contributed by atoms with Crippen molar-refractivity contribution in [3.63, 3.8) is 0 Å². The third-order valence-corrected chi connectivity index (χ3v) is 4.93. The minimum Gasteiger partial charge on any atom is -0.465 e. The van der Waals surface area contributed by atoms with Gasteiger partial charge in [0.1, 0.15) is 0 Å². The summed E-state index contributed by atoms with van der Waals surface area (Å²) in [6, 6.07) is 5.31. The summed E-state index contributed by atoms with van der Waals surface area (Å²) in [6.07, 6.45) is 2.33. The molecular weight excluding hydrogens is 290 g/mol. The summed E-state index contributed by atoms with van der Waals surface area (Å²) in [6.45, 7) is 4.63. The Hall–Kier alpha value is -1.10. The second-order valence-corrected chi connectivity index (χ2v) is 6.47. The molecule has 1 unspecified atom stereocenters. The van der Waals surface area contributed by atoms with Crippen molar-refractivity contribution >= 4 is 17.6 Å². The van der Waals surface area contributed by atoms with Crippen molar-refractivity contribution in [3.05, 3.63) is 34.3 Å². The molecule has 0 aliphatic carbocycles. The van der Waals surface area contributed by atoms with E-state index in [9.17, 15) is 4.79 Å². The van der Waals surface area contributed by atoms with Crippen molar-refractivity contribution < 1.29 is 14.3 Å². The second-order valence-electron chi connectivity index (χ2n) is 6.06. The zero-order valence-electron chi connectivity index (χ0n) is 12.2. The van der Waals surface area contributed by atoms with Gasteiger partial charge < -0.3 is 9.47 Å². The van der Waals surface area contributed by atoms with Gasteiger partial charge in [0.15, 0.2) is 0 Å². The summed E-state index contributed by atoms with van der Waals surface area (Å²) < 4.78 is 10.3. The van der Waals surface area contributed by atoms with Crippen molar-refractivity contribution in [2.75, 3.05) is 33.4 Å². The molecule has 1 spiro atoms. The number of ether oxygens (including phenoxy) is 2. The van der Waals surface area contributed by atoms with Gasteiger partial charge in [0, 0.05) is 30.1 Å². The van der Waals surface area contributed by atoms with Gasteiger partial charge in [-0.05, 0) is 43.1 Å². The lowest BCUT2D eigenvalue weighted by Crippen LogP contribution is -2.27. The van der Waals surface area contributed by atoms with Gasteiger partial charge >= 0.3 is 5.97 Å². The Balaban J connectivity index is 1.71. The highest BCUT2D eigenvalue weighted by Crippen LogP contribution is 2.39. The van der Waals surface area contributed by atoms with Crippen LogP contribution in [-0.2, 0) is 16.0 Å². The fraction of sp³-hybridized carbons (Fsp3) is 0.562. The molecule has 4 nitrogen and oxygen atoms in total. The minimum atomic E-state index is -0.324. The summed E-state index contributed by atoms with van der Waals surface area (Å²) in [5.41, 5.74) is 1.87. The number of carbonyl (C=O) groups excluding carboxylic acids is 1. The van der Waals surface area contributed by atoms with E-state index in [1.165, 1.54) is 13.5 Å². The van der Waals surface area contributed by atoms with Gasteiger partial charge in [0.2, 0.25) is 0 Å². The molecule has 0 bridgehead atoms. The highest BCUT2D eigenvalue weighted by atomic mass is 35.5. The van der Waals surface area contributed by atoms with Crippen LogP contribution in [0.3, 0.4) is 0 Å². The maximum atomic E-state index is 11.6. The SMILES string of the molecule is COC(=O)c1ccc(Cl)c(CN2CCC3(CCOC3)C2)c1. The molecule has 2 aliphatic heterocycles. The zero-order valence-corrected chi connectivity index (χ0v) is 13.0. The van der Waals surface area contributed by atoms with E-state index in [0.717, 1.165) is 44.8 Å². The quantitative estimate of drug-likeness (QED) is 0.805. The Labute approximate surface area is 130 Å². The van der Waals surface area contributed by atoms with Crippen LogP contribution >= 0.6 is 11.6 Å². The molecule has 0 amide bonds. The molecule has 21 heavy (non-hydrogen) atoms. The first kappa shape index (κ1) is 14.8. The van der Waals surface area contributed by atoms with Crippen LogP contribution in [0.1, 0.15) is 28.8 Å². The third-order valence-electron chi connectivity index (χ3n) is 4.56. The third kappa shape index (κ3) is 3.07. The minimum absolute atomic E-state index is 0.324. The summed E-state index contributed by atoms with van der Waals surface area (Å²) in [5, 5.41) is 0.700. The van der Waals surface area contributed by atoms with E-state index < -0.39 is 0 Å². The molecule has 3 rings (SSSR count). The monoisotopic (exact) mass is 309 g/mol. The smallest absolute Gasteiger partial charge is 0.337 e. The number of rotatable bonds is 3. The van der Waals surface area contributed by atoms with Gasteiger partial charge in [-0.15, -0.1) is 0 Å². The van der Waals surface area contributed by atoms with E-state index in [1.807, 2.05) is 6.07 Å². The maximum absolute atomic E-state index is 11.6. The maximum Gasteiger partial charge on any atom is 0.337 e. The largest absolute Gasteiger partial charge is 0.465 e. The Bertz CT molecular complexity index is 540. The molecule has 2 fully saturated rings. The number of halogens is 1. The molecule has 5 heteroatoms. The predicted molar refractivity (Wildman–Crippen MR) is 80.6 cm³/mol. The molecule has 2 saturated heterocycles. The molecule has 114 valence electrons. The van der Waals surface area contributed by atoms with Gasteiger partial charge in [-0.25, -0.2) is 4.79 Å². The Morgan fingerprint density at radius 2 is 2.33 bits per heavy atom. The highest BCUT2D eigenvalue weighted by molar-refractivity contribution is 6.31. The molecule has 1 aromatic carbocycles. The Kier molecular flexibility index (Phi) is 4.20. The van der Waals surface area contributed by atoms with Crippen molar-refractivity contribution in [3.8, 4) is 0 Å². The molecule has 2 heterocycles. The van der Waals surface area contributed by atoms with Gasteiger partial charge in [-0.2, -0.15) is 0 Å². The Morgan fingerprint density at radius 1 is 1.48 bits per heavy atom. The zero-order chi connectivity index (χ0) is 14.9. The van der Waals surface area contributed by atoms with Crippen LogP contribution in [0.2, 0.25) is 5.02 Å². The lowest BCUT2D eigenvalue weighted by atomic mass is 9.87. The molecule has 0 N–H and O–H groups in total. The van der Waals surface area contributed by atoms with E-state index in [4.69, 9.17) is 21.1 Å². The lowest BCUT2D eigenvalue weighted by molar-refractivity contribution is 0.0600. The number of esters is 1. The first-order valence-corrected chi connectivity index (χ1v) is 7.67. The van der Waals surface area contributed by atoms with Crippen LogP contribution in [0, 0.1) is 5.41 Å². The summed E-state index contributed by atoms with van der Waals surface area (Å²) in [5.74, 6) is -0.324. The van der Waals surface area contributed by atoms with E-state index in [2.05, 4.69) is 4.90 Å². The van der Waals surface area contributed by atoms with E-state index in [1.54, 1.807) is 12.1 Å². The van der Waals surface area contributed by atoms with Gasteiger partial charge in [0.05, 0.1) is 19.3 Å². The number of hydrogen-bond donors (Lipinski definition) is 0. The molecule has 1 aromatic rings. The average molecular weight is 310 g/mol. The molecule has 0 saturated carbocycles. The van der Waals surface area contributed by atoms with Gasteiger partial charge in [0.25, 0.3) is 0 Å². The predicted octanol–water partition coefficient (Wildman–Crippen LogP) is 2.74. The first-order valence-electron chi connectivity index (χ1n) is 7.29. The van der Waals surface area contributed by atoms with Crippen molar-refractivity contribution in [2.24, 2.45) is 5.41 Å². The van der Waals surface area contributed by atoms with Crippen molar-refractivity contribution in [1.29, 1.82) is 0 Å². The Morgan fingerprint density at radius 3 is 3.05 bits per heavy atom. The lowest BCUT2D eigenvalue weighted by Gasteiger charge is -2.22. The number of likely N-dealkylation sites (tertiary alicyclic amines) is 1. The van der Waals surface area contributed by atoms with Crippen LogP contribution in [0.15, 0.2) is 18.2 Å². The van der Waals surface area contributed by atoms with Crippen LogP contribution in [-0.4, -0.2) is 44.3 Å². The number of methoxy groups -OCH3 is 1. The fourth-order valence-electron chi connectivity index (χ4n) is 3.32. The van der Waals surface area contributed by atoms with Gasteiger partial charge in [-0.1, -0.05) is 11.6 Å². The van der Waals surface area contributed by atoms with Gasteiger partial charge in [-0.3, -0.25) is 4.90 Å². The van der Waals surface area contributed by atoms with E-state index in [0.29, 0.717) is 16.0 Å². The summed E-state index contributed by atoms with van der Waals surface area (Å²) in [7, 11) is 1.39. The van der Waals surface area contributed by atoms with Crippen LogP contribution in [0.25, 0.3) is 0 Å². The standard InChI is InChI=1S/C16H20ClNO3/c1-20-15(19)12-2-3-14(17)13(8-12)9-18-6-4-16(10-18)5-7-21-11-16/h2-3,8H,4-7,9-11H2,1H3. The van der Waals surface area contributed by atoms with E-state index in [-0.39, 0.29) is 5.97 Å². The highest BCUT2D eigenvalue weighted by Gasteiger charge is 2.41. The molecule has 0 aromatic heterocycles. The first-order chi connectivity index (χ1) is 10.1. The molecule has 0 radical (unpaired) electrons. The van der Waals surface area contributed by atoms with Crippen LogP contribution in [0.5, 0.6) is 0 Å². The second kappa shape index (κ2) is 5.95. The van der Waals surface area contributed by atoms with E-state index >= 15 is 0 Å². The summed E-state index contributed by atoms with van der Waals surface area (Å²) in [4.78, 5) is 14.0. The normalized spacial score (nSPS) is 25.6. The average Bonchev–Trinajstić information content (AvgIpc) is 3.11. The van der Waals surface area contributed by atoms with Crippen LogP contribution in [0.4, 0.5) is 0 Å². The van der Waals surface area contributed by atoms with Crippen LogP contribution < -0.4 is 0 Å². The van der Waals surface area contributed by atoms with Crippen molar-refractivity contribution in [2.45, 2.75) is 19.4 Å². The molecular formula is C16H20ClNO3. The number of benzene rings is 1. The fourth-order valence-corrected chi connectivity index (χ4v) is 3.49. The number of nitrogens with zero attached hydrogens (tertiary/aromatic N) is 1. The number of carbonyl (C=O) groups is 1.